The second-order valence-electron chi connectivity index (χ2n) is 4.68. The number of aryl methyl sites for hydroxylation is 1. The molecule has 112 valence electrons. The van der Waals surface area contributed by atoms with Crippen LogP contribution in [0.1, 0.15) is 24.0 Å². The van der Waals surface area contributed by atoms with Crippen molar-refractivity contribution in [1.29, 1.82) is 0 Å². The van der Waals surface area contributed by atoms with Crippen molar-refractivity contribution in [3.8, 4) is 0 Å². The number of pyridine rings is 1. The molecule has 0 saturated carbocycles. The lowest BCUT2D eigenvalue weighted by Crippen LogP contribution is -2.38. The van der Waals surface area contributed by atoms with Crippen LogP contribution in [-0.4, -0.2) is 43.1 Å². The Kier molecular flexibility index (Phi) is 8.87. The molecule has 0 saturated heterocycles. The summed E-state index contributed by atoms with van der Waals surface area (Å²) in [5.74, 6) is 2.12. The van der Waals surface area contributed by atoms with Gasteiger partial charge in [-0.05, 0) is 55.4 Å². The van der Waals surface area contributed by atoms with Gasteiger partial charge in [0, 0.05) is 32.5 Å². The molecule has 1 aromatic rings. The molecular weight excluding hydrogens is 268 g/mol. The van der Waals surface area contributed by atoms with E-state index in [0.29, 0.717) is 0 Å². The van der Waals surface area contributed by atoms with E-state index < -0.39 is 0 Å². The number of unbranched alkanes of at least 4 members (excludes halogenated alkanes) is 1. The number of hydrogen-bond donors (Lipinski definition) is 2. The van der Waals surface area contributed by atoms with Gasteiger partial charge < -0.3 is 10.6 Å². The molecule has 0 aliphatic carbocycles. The van der Waals surface area contributed by atoms with Gasteiger partial charge in [0.25, 0.3) is 0 Å². The molecule has 0 spiro atoms. The molecule has 20 heavy (non-hydrogen) atoms. The first-order valence-corrected chi connectivity index (χ1v) is 8.50. The number of thioether (sulfide) groups is 1. The lowest BCUT2D eigenvalue weighted by atomic mass is 10.1. The number of nitrogens with zero attached hydrogens (tertiary/aromatic N) is 2. The zero-order chi connectivity index (χ0) is 14.6. The fourth-order valence-corrected chi connectivity index (χ4v) is 2.39. The number of aliphatic imine (C=N–C) groups is 1. The number of nitrogens with one attached hydrogen (secondary N) is 2. The summed E-state index contributed by atoms with van der Waals surface area (Å²) in [7, 11) is 1.81. The minimum absolute atomic E-state index is 0.884. The van der Waals surface area contributed by atoms with E-state index >= 15 is 0 Å². The van der Waals surface area contributed by atoms with Crippen molar-refractivity contribution in [2.24, 2.45) is 4.99 Å². The first kappa shape index (κ1) is 16.8. The highest BCUT2D eigenvalue weighted by molar-refractivity contribution is 7.98. The van der Waals surface area contributed by atoms with Crippen LogP contribution < -0.4 is 10.6 Å². The molecule has 0 aliphatic heterocycles. The predicted molar refractivity (Wildman–Crippen MR) is 89.7 cm³/mol. The Labute approximate surface area is 126 Å². The second kappa shape index (κ2) is 10.5. The van der Waals surface area contributed by atoms with Crippen molar-refractivity contribution in [2.75, 3.05) is 32.1 Å². The summed E-state index contributed by atoms with van der Waals surface area (Å²) < 4.78 is 0. The van der Waals surface area contributed by atoms with Crippen LogP contribution in [0, 0.1) is 6.92 Å². The second-order valence-corrected chi connectivity index (χ2v) is 5.66. The molecule has 0 fully saturated rings. The molecule has 0 aromatic carbocycles. The Bertz CT molecular complexity index is 407. The van der Waals surface area contributed by atoms with E-state index in [1.54, 1.807) is 0 Å². The van der Waals surface area contributed by atoms with Crippen LogP contribution in [0.5, 0.6) is 0 Å². The van der Waals surface area contributed by atoms with Gasteiger partial charge in [0.05, 0.1) is 0 Å². The van der Waals surface area contributed by atoms with E-state index in [1.165, 1.54) is 29.7 Å². The molecular formula is C15H26N4S. The number of guanidine groups is 1. The van der Waals surface area contributed by atoms with Crippen LogP contribution in [0.3, 0.4) is 0 Å². The fraction of sp³-hybridized carbons (Fsp3) is 0.600. The molecule has 0 atom stereocenters. The highest BCUT2D eigenvalue weighted by Crippen LogP contribution is 2.04. The Morgan fingerprint density at radius 2 is 2.10 bits per heavy atom. The molecule has 0 amide bonds. The molecule has 1 rings (SSSR count). The third kappa shape index (κ3) is 6.80. The summed E-state index contributed by atoms with van der Waals surface area (Å²) in [5.41, 5.74) is 2.58. The highest BCUT2D eigenvalue weighted by Gasteiger charge is 1.99. The minimum atomic E-state index is 0.884. The Hall–Kier alpha value is -1.23. The molecule has 4 nitrogen and oxygen atoms in total. The monoisotopic (exact) mass is 294 g/mol. The van der Waals surface area contributed by atoms with E-state index in [2.05, 4.69) is 39.9 Å². The topological polar surface area (TPSA) is 49.3 Å². The van der Waals surface area contributed by atoms with Crippen molar-refractivity contribution < 1.29 is 0 Å². The van der Waals surface area contributed by atoms with E-state index in [1.807, 2.05) is 31.2 Å². The van der Waals surface area contributed by atoms with Crippen LogP contribution in [0.25, 0.3) is 0 Å². The summed E-state index contributed by atoms with van der Waals surface area (Å²) in [6.45, 7) is 3.96. The van der Waals surface area contributed by atoms with Crippen LogP contribution in [0.2, 0.25) is 0 Å². The standard InChI is InChI=1S/C15H26N4S/c1-13-12-17-9-6-14(13)7-10-19-15(16-2)18-8-4-5-11-20-3/h6,9,12H,4-5,7-8,10-11H2,1-3H3,(H2,16,18,19). The molecule has 0 radical (unpaired) electrons. The normalized spacial score (nSPS) is 11.4. The van der Waals surface area contributed by atoms with Gasteiger partial charge in [-0.3, -0.25) is 9.98 Å². The number of hydrogen-bond acceptors (Lipinski definition) is 3. The number of rotatable bonds is 8. The molecule has 0 bridgehead atoms. The molecule has 1 aromatic heterocycles. The van der Waals surface area contributed by atoms with Gasteiger partial charge in [-0.25, -0.2) is 0 Å². The average molecular weight is 294 g/mol. The highest BCUT2D eigenvalue weighted by atomic mass is 32.2. The third-order valence-electron chi connectivity index (χ3n) is 3.11. The first-order valence-electron chi connectivity index (χ1n) is 7.11. The molecule has 1 heterocycles. The van der Waals surface area contributed by atoms with E-state index in [0.717, 1.165) is 25.5 Å². The largest absolute Gasteiger partial charge is 0.356 e. The average Bonchev–Trinajstić information content (AvgIpc) is 2.47. The van der Waals surface area contributed by atoms with Crippen molar-refractivity contribution in [2.45, 2.75) is 26.2 Å². The van der Waals surface area contributed by atoms with E-state index in [-0.39, 0.29) is 0 Å². The summed E-state index contributed by atoms with van der Waals surface area (Å²) in [6.07, 6.45) is 9.33. The predicted octanol–water partition coefficient (Wildman–Crippen LogP) is 2.24. The van der Waals surface area contributed by atoms with Crippen LogP contribution in [0.15, 0.2) is 23.5 Å². The zero-order valence-corrected chi connectivity index (χ0v) is 13.6. The van der Waals surface area contributed by atoms with Crippen molar-refractivity contribution in [3.05, 3.63) is 29.6 Å². The van der Waals surface area contributed by atoms with Gasteiger partial charge >= 0.3 is 0 Å². The number of aromatic nitrogens is 1. The van der Waals surface area contributed by atoms with Gasteiger partial charge in [-0.2, -0.15) is 11.8 Å². The maximum absolute atomic E-state index is 4.24. The molecule has 0 aliphatic rings. The SMILES string of the molecule is CN=C(NCCCCSC)NCCc1ccncc1C. The van der Waals surface area contributed by atoms with Crippen molar-refractivity contribution in [1.82, 2.24) is 15.6 Å². The molecule has 2 N–H and O–H groups in total. The maximum Gasteiger partial charge on any atom is 0.190 e. The Morgan fingerprint density at radius 3 is 2.80 bits per heavy atom. The molecule has 5 heteroatoms. The summed E-state index contributed by atoms with van der Waals surface area (Å²) in [6, 6.07) is 2.08. The fourth-order valence-electron chi connectivity index (χ4n) is 1.90. The van der Waals surface area contributed by atoms with Crippen molar-refractivity contribution in [3.63, 3.8) is 0 Å². The van der Waals surface area contributed by atoms with Crippen LogP contribution in [-0.2, 0) is 6.42 Å². The van der Waals surface area contributed by atoms with E-state index in [9.17, 15) is 0 Å². The zero-order valence-electron chi connectivity index (χ0n) is 12.8. The first-order chi connectivity index (χ1) is 9.77. The van der Waals surface area contributed by atoms with Crippen LogP contribution >= 0.6 is 11.8 Å². The minimum Gasteiger partial charge on any atom is -0.356 e. The summed E-state index contributed by atoms with van der Waals surface area (Å²) in [5, 5.41) is 6.70. The van der Waals surface area contributed by atoms with Crippen LogP contribution in [0.4, 0.5) is 0 Å². The lowest BCUT2D eigenvalue weighted by Gasteiger charge is -2.12. The van der Waals surface area contributed by atoms with Gasteiger partial charge in [0.2, 0.25) is 0 Å². The quantitative estimate of drug-likeness (QED) is 0.438. The van der Waals surface area contributed by atoms with Crippen molar-refractivity contribution >= 4 is 17.7 Å². The third-order valence-corrected chi connectivity index (χ3v) is 3.81. The van der Waals surface area contributed by atoms with Gasteiger partial charge in [-0.1, -0.05) is 0 Å². The van der Waals surface area contributed by atoms with Gasteiger partial charge in [0.1, 0.15) is 0 Å². The van der Waals surface area contributed by atoms with Gasteiger partial charge in [-0.15, -0.1) is 0 Å². The summed E-state index contributed by atoms with van der Waals surface area (Å²) in [4.78, 5) is 8.35. The summed E-state index contributed by atoms with van der Waals surface area (Å²) >= 11 is 1.90. The Morgan fingerprint density at radius 1 is 1.30 bits per heavy atom. The lowest BCUT2D eigenvalue weighted by molar-refractivity contribution is 0.730. The molecule has 0 unspecified atom stereocenters. The smallest absolute Gasteiger partial charge is 0.190 e. The maximum atomic E-state index is 4.24. The van der Waals surface area contributed by atoms with Gasteiger partial charge in [0.15, 0.2) is 5.96 Å². The Balaban J connectivity index is 2.20. The van der Waals surface area contributed by atoms with E-state index in [4.69, 9.17) is 0 Å².